The van der Waals surface area contributed by atoms with Crippen molar-refractivity contribution < 1.29 is 9.50 Å². The lowest BCUT2D eigenvalue weighted by Crippen LogP contribution is -2.16. The number of nitrogens with zero attached hydrogens (tertiary/aromatic N) is 1. The van der Waals surface area contributed by atoms with Gasteiger partial charge in [0.1, 0.15) is 6.04 Å². The minimum Gasteiger partial charge on any atom is -0.505 e. The Bertz CT molecular complexity index is 373. The van der Waals surface area contributed by atoms with E-state index in [1.54, 1.807) is 6.07 Å². The predicted octanol–water partition coefficient (Wildman–Crippen LogP) is 2.64. The Kier molecular flexibility index (Phi) is 3.92. The second kappa shape index (κ2) is 5.20. The van der Waals surface area contributed by atoms with E-state index in [-0.39, 0.29) is 11.8 Å². The highest BCUT2D eigenvalue weighted by molar-refractivity contribution is 5.48. The zero-order valence-electron chi connectivity index (χ0n) is 8.50. The number of phenols is 1. The van der Waals surface area contributed by atoms with Gasteiger partial charge in [0.2, 0.25) is 0 Å². The number of hydrogen-bond donors (Lipinski definition) is 2. The second-order valence-electron chi connectivity index (χ2n) is 3.28. The SMILES string of the molecule is CCCC(C#N)Nc1ccc(O)c(F)c1. The summed E-state index contributed by atoms with van der Waals surface area (Å²) in [5.41, 5.74) is 0.505. The highest BCUT2D eigenvalue weighted by Gasteiger charge is 2.07. The normalized spacial score (nSPS) is 11.8. The zero-order valence-corrected chi connectivity index (χ0v) is 8.50. The van der Waals surface area contributed by atoms with Crippen LogP contribution in [-0.4, -0.2) is 11.1 Å². The van der Waals surface area contributed by atoms with Gasteiger partial charge in [-0.2, -0.15) is 5.26 Å². The van der Waals surface area contributed by atoms with Gasteiger partial charge in [-0.05, 0) is 18.6 Å². The quantitative estimate of drug-likeness (QED) is 0.748. The molecule has 0 aromatic heterocycles. The van der Waals surface area contributed by atoms with Gasteiger partial charge in [-0.1, -0.05) is 13.3 Å². The number of rotatable bonds is 4. The van der Waals surface area contributed by atoms with Gasteiger partial charge in [0.05, 0.1) is 6.07 Å². The van der Waals surface area contributed by atoms with Gasteiger partial charge in [-0.15, -0.1) is 0 Å². The molecule has 0 amide bonds. The van der Waals surface area contributed by atoms with Gasteiger partial charge in [0.25, 0.3) is 0 Å². The molecule has 80 valence electrons. The fourth-order valence-electron chi connectivity index (χ4n) is 1.26. The lowest BCUT2D eigenvalue weighted by molar-refractivity contribution is 0.432. The predicted molar refractivity (Wildman–Crippen MR) is 56.0 cm³/mol. The summed E-state index contributed by atoms with van der Waals surface area (Å²) in [5, 5.41) is 20.6. The lowest BCUT2D eigenvalue weighted by atomic mass is 10.2. The van der Waals surface area contributed by atoms with Gasteiger partial charge in [-0.25, -0.2) is 4.39 Å². The third-order valence-corrected chi connectivity index (χ3v) is 2.02. The van der Waals surface area contributed by atoms with Gasteiger partial charge < -0.3 is 10.4 Å². The molecule has 0 fully saturated rings. The van der Waals surface area contributed by atoms with E-state index >= 15 is 0 Å². The van der Waals surface area contributed by atoms with Crippen molar-refractivity contribution in [3.63, 3.8) is 0 Å². The molecule has 0 aliphatic heterocycles. The molecule has 1 unspecified atom stereocenters. The lowest BCUT2D eigenvalue weighted by Gasteiger charge is -2.11. The monoisotopic (exact) mass is 208 g/mol. The van der Waals surface area contributed by atoms with Crippen molar-refractivity contribution in [2.75, 3.05) is 5.32 Å². The van der Waals surface area contributed by atoms with Gasteiger partial charge >= 0.3 is 0 Å². The van der Waals surface area contributed by atoms with Crippen LogP contribution in [0.3, 0.4) is 0 Å². The topological polar surface area (TPSA) is 56.0 Å². The Labute approximate surface area is 88.2 Å². The first-order valence-electron chi connectivity index (χ1n) is 4.82. The minimum atomic E-state index is -0.687. The summed E-state index contributed by atoms with van der Waals surface area (Å²) >= 11 is 0. The van der Waals surface area contributed by atoms with Crippen LogP contribution in [0, 0.1) is 17.1 Å². The maximum Gasteiger partial charge on any atom is 0.166 e. The summed E-state index contributed by atoms with van der Waals surface area (Å²) in [6.07, 6.45) is 1.59. The molecular formula is C11H13FN2O. The number of nitriles is 1. The molecule has 0 heterocycles. The third kappa shape index (κ3) is 3.13. The molecule has 0 bridgehead atoms. The number of phenolic OH excluding ortho intramolecular Hbond substituents is 1. The fraction of sp³-hybridized carbons (Fsp3) is 0.364. The molecule has 2 N–H and O–H groups in total. The fourth-order valence-corrected chi connectivity index (χ4v) is 1.26. The summed E-state index contributed by atoms with van der Waals surface area (Å²) in [4.78, 5) is 0. The molecule has 0 spiro atoms. The second-order valence-corrected chi connectivity index (χ2v) is 3.28. The number of anilines is 1. The molecule has 0 saturated carbocycles. The number of benzene rings is 1. The van der Waals surface area contributed by atoms with Crippen LogP contribution in [0.2, 0.25) is 0 Å². The molecular weight excluding hydrogens is 195 g/mol. The Morgan fingerprint density at radius 1 is 1.60 bits per heavy atom. The number of aromatic hydroxyl groups is 1. The van der Waals surface area contributed by atoms with E-state index in [0.717, 1.165) is 6.42 Å². The first-order chi connectivity index (χ1) is 7.17. The summed E-state index contributed by atoms with van der Waals surface area (Å²) < 4.78 is 12.9. The Balaban J connectivity index is 2.72. The van der Waals surface area contributed by atoms with Crippen LogP contribution >= 0.6 is 0 Å². The highest BCUT2D eigenvalue weighted by Crippen LogP contribution is 2.20. The molecule has 4 heteroatoms. The zero-order chi connectivity index (χ0) is 11.3. The summed E-state index contributed by atoms with van der Waals surface area (Å²) in [6.45, 7) is 1.98. The standard InChI is InChI=1S/C11H13FN2O/c1-2-3-9(7-13)14-8-4-5-11(15)10(12)6-8/h4-6,9,14-15H,2-3H2,1H3. The van der Waals surface area contributed by atoms with E-state index in [9.17, 15) is 4.39 Å². The number of hydrogen-bond acceptors (Lipinski definition) is 3. The van der Waals surface area contributed by atoms with E-state index in [1.165, 1.54) is 12.1 Å². The number of nitrogens with one attached hydrogen (secondary N) is 1. The van der Waals surface area contributed by atoms with E-state index < -0.39 is 5.82 Å². The largest absolute Gasteiger partial charge is 0.505 e. The van der Waals surface area contributed by atoms with Crippen LogP contribution in [0.15, 0.2) is 18.2 Å². The molecule has 1 rings (SSSR count). The Hall–Kier alpha value is -1.76. The van der Waals surface area contributed by atoms with Gasteiger partial charge in [-0.3, -0.25) is 0 Å². The molecule has 15 heavy (non-hydrogen) atoms. The van der Waals surface area contributed by atoms with Crippen molar-refractivity contribution in [1.82, 2.24) is 0 Å². The van der Waals surface area contributed by atoms with E-state index in [4.69, 9.17) is 10.4 Å². The van der Waals surface area contributed by atoms with Crippen molar-refractivity contribution in [1.29, 1.82) is 5.26 Å². The smallest absolute Gasteiger partial charge is 0.166 e. The van der Waals surface area contributed by atoms with Crippen LogP contribution in [-0.2, 0) is 0 Å². The van der Waals surface area contributed by atoms with Crippen LogP contribution in [0.5, 0.6) is 5.75 Å². The van der Waals surface area contributed by atoms with Gasteiger partial charge in [0, 0.05) is 11.8 Å². The molecule has 0 radical (unpaired) electrons. The summed E-state index contributed by atoms with van der Waals surface area (Å²) in [6, 6.07) is 5.75. The minimum absolute atomic E-state index is 0.320. The van der Waals surface area contributed by atoms with E-state index in [0.29, 0.717) is 12.1 Å². The molecule has 0 saturated heterocycles. The van der Waals surface area contributed by atoms with Crippen molar-refractivity contribution in [2.45, 2.75) is 25.8 Å². The van der Waals surface area contributed by atoms with Crippen molar-refractivity contribution in [2.24, 2.45) is 0 Å². The maximum absolute atomic E-state index is 12.9. The van der Waals surface area contributed by atoms with Crippen molar-refractivity contribution in [3.8, 4) is 11.8 Å². The van der Waals surface area contributed by atoms with Crippen molar-refractivity contribution >= 4 is 5.69 Å². The van der Waals surface area contributed by atoms with Crippen molar-refractivity contribution in [3.05, 3.63) is 24.0 Å². The molecule has 3 nitrogen and oxygen atoms in total. The summed E-state index contributed by atoms with van der Waals surface area (Å²) in [5.74, 6) is -1.07. The van der Waals surface area contributed by atoms with Crippen LogP contribution in [0.4, 0.5) is 10.1 Å². The Morgan fingerprint density at radius 2 is 2.33 bits per heavy atom. The molecule has 1 atom stereocenters. The van der Waals surface area contributed by atoms with Crippen LogP contribution in [0.25, 0.3) is 0 Å². The Morgan fingerprint density at radius 3 is 2.87 bits per heavy atom. The third-order valence-electron chi connectivity index (χ3n) is 2.02. The first-order valence-corrected chi connectivity index (χ1v) is 4.82. The van der Waals surface area contributed by atoms with E-state index in [1.807, 2.05) is 6.92 Å². The molecule has 0 aliphatic rings. The molecule has 1 aromatic rings. The van der Waals surface area contributed by atoms with Crippen LogP contribution in [0.1, 0.15) is 19.8 Å². The van der Waals surface area contributed by atoms with Gasteiger partial charge in [0.15, 0.2) is 11.6 Å². The highest BCUT2D eigenvalue weighted by atomic mass is 19.1. The maximum atomic E-state index is 12.9. The number of halogens is 1. The van der Waals surface area contributed by atoms with Crippen LogP contribution < -0.4 is 5.32 Å². The molecule has 0 aliphatic carbocycles. The summed E-state index contributed by atoms with van der Waals surface area (Å²) in [7, 11) is 0. The first kappa shape index (κ1) is 11.3. The average molecular weight is 208 g/mol. The van der Waals surface area contributed by atoms with E-state index in [2.05, 4.69) is 11.4 Å². The average Bonchev–Trinajstić information content (AvgIpc) is 2.23. The molecule has 1 aromatic carbocycles.